The average Bonchev–Trinajstić information content (AvgIpc) is 3.10. The van der Waals surface area contributed by atoms with Crippen LogP contribution in [0.2, 0.25) is 0 Å². The van der Waals surface area contributed by atoms with E-state index < -0.39 is 29.4 Å². The van der Waals surface area contributed by atoms with Crippen LogP contribution in [0.25, 0.3) is 0 Å². The van der Waals surface area contributed by atoms with Crippen molar-refractivity contribution in [2.24, 2.45) is 0 Å². The minimum Gasteiger partial charge on any atom is -0.394 e. The molecule has 0 aliphatic carbocycles. The molecule has 0 aromatic carbocycles. The van der Waals surface area contributed by atoms with Gasteiger partial charge in [-0.2, -0.15) is 4.98 Å². The molecule has 1 aliphatic heterocycles. The van der Waals surface area contributed by atoms with Gasteiger partial charge < -0.3 is 19.8 Å². The van der Waals surface area contributed by atoms with Crippen LogP contribution in [0, 0.1) is 6.92 Å². The normalized spacial score (nSPS) is 21.7. The average molecular weight is 328 g/mol. The molecule has 1 amide bonds. The summed E-state index contributed by atoms with van der Waals surface area (Å²) in [4.78, 5) is 29.7. The summed E-state index contributed by atoms with van der Waals surface area (Å²) in [5.74, 6) is -0.863. The predicted molar refractivity (Wildman–Crippen MR) is 77.5 cm³/mol. The van der Waals surface area contributed by atoms with E-state index in [9.17, 15) is 19.1 Å². The van der Waals surface area contributed by atoms with Crippen LogP contribution in [0.4, 0.5) is 4.39 Å². The highest BCUT2D eigenvalue weighted by atomic mass is 19.1. The first-order valence-electron chi connectivity index (χ1n) is 7.37. The van der Waals surface area contributed by atoms with Crippen LogP contribution in [0.15, 0.2) is 4.52 Å². The van der Waals surface area contributed by atoms with Gasteiger partial charge in [0.1, 0.15) is 12.2 Å². The van der Waals surface area contributed by atoms with E-state index in [1.165, 1.54) is 4.90 Å². The summed E-state index contributed by atoms with van der Waals surface area (Å²) in [5.41, 5.74) is -0.644. The Morgan fingerprint density at radius 2 is 2.22 bits per heavy atom. The Balaban J connectivity index is 2.07. The number of likely N-dealkylation sites (tertiary alicyclic amines) is 1. The van der Waals surface area contributed by atoms with Crippen LogP contribution in [-0.4, -0.2) is 69.3 Å². The highest BCUT2D eigenvalue weighted by Gasteiger charge is 2.41. The highest BCUT2D eigenvalue weighted by molar-refractivity contribution is 5.99. The van der Waals surface area contributed by atoms with Gasteiger partial charge in [-0.15, -0.1) is 0 Å². The number of amides is 1. The van der Waals surface area contributed by atoms with Crippen molar-refractivity contribution in [3.63, 3.8) is 0 Å². The number of alkyl halides is 1. The second-order valence-corrected chi connectivity index (χ2v) is 6.29. The smallest absolute Gasteiger partial charge is 0.240 e. The summed E-state index contributed by atoms with van der Waals surface area (Å²) in [6.45, 7) is 4.60. The first kappa shape index (κ1) is 17.5. The molecule has 0 spiro atoms. The van der Waals surface area contributed by atoms with E-state index in [2.05, 4.69) is 15.5 Å². The van der Waals surface area contributed by atoms with Crippen molar-refractivity contribution in [3.05, 3.63) is 11.7 Å². The summed E-state index contributed by atoms with van der Waals surface area (Å²) in [7, 11) is 0. The van der Waals surface area contributed by atoms with Crippen molar-refractivity contribution in [3.8, 4) is 0 Å². The molecule has 0 saturated carbocycles. The lowest BCUT2D eigenvalue weighted by Gasteiger charge is -2.27. The maximum absolute atomic E-state index is 13.7. The topological polar surface area (TPSA) is 109 Å². The fraction of sp³-hybridized carbons (Fsp3) is 0.714. The maximum atomic E-state index is 13.7. The van der Waals surface area contributed by atoms with E-state index in [-0.39, 0.29) is 37.8 Å². The van der Waals surface area contributed by atoms with Crippen LogP contribution >= 0.6 is 0 Å². The van der Waals surface area contributed by atoms with E-state index in [0.29, 0.717) is 0 Å². The van der Waals surface area contributed by atoms with Gasteiger partial charge in [0, 0.05) is 18.9 Å². The number of Topliss-reactive ketones (excluding diaryl/α,β-unsaturated/α-hetero) is 1. The predicted octanol–water partition coefficient (Wildman–Crippen LogP) is -0.140. The second kappa shape index (κ2) is 6.71. The molecule has 9 heteroatoms. The van der Waals surface area contributed by atoms with Gasteiger partial charge >= 0.3 is 0 Å². The molecule has 2 atom stereocenters. The number of nitrogens with one attached hydrogen (secondary N) is 1. The third kappa shape index (κ3) is 4.11. The van der Waals surface area contributed by atoms with E-state index in [0.717, 1.165) is 0 Å². The van der Waals surface area contributed by atoms with Crippen molar-refractivity contribution < 1.29 is 23.6 Å². The van der Waals surface area contributed by atoms with Crippen LogP contribution in [0.1, 0.15) is 36.8 Å². The molecule has 1 unspecified atom stereocenters. The number of aromatic nitrogens is 2. The van der Waals surface area contributed by atoms with Crippen LogP contribution in [0.5, 0.6) is 0 Å². The van der Waals surface area contributed by atoms with Gasteiger partial charge in [-0.3, -0.25) is 9.59 Å². The van der Waals surface area contributed by atoms with Crippen molar-refractivity contribution >= 4 is 11.7 Å². The molecule has 1 aromatic rings. The van der Waals surface area contributed by atoms with Gasteiger partial charge in [-0.1, -0.05) is 5.16 Å². The number of hydrogen-bond donors (Lipinski definition) is 2. The first-order chi connectivity index (χ1) is 10.7. The summed E-state index contributed by atoms with van der Waals surface area (Å²) >= 11 is 0. The van der Waals surface area contributed by atoms with Crippen molar-refractivity contribution in [1.82, 2.24) is 20.4 Å². The number of carbonyl (C=O) groups excluding carboxylic acids is 2. The first-order valence-corrected chi connectivity index (χ1v) is 7.37. The third-order valence-corrected chi connectivity index (χ3v) is 3.73. The second-order valence-electron chi connectivity index (χ2n) is 6.29. The lowest BCUT2D eigenvalue weighted by atomic mass is 10.1. The third-order valence-electron chi connectivity index (χ3n) is 3.73. The number of ketones is 1. The van der Waals surface area contributed by atoms with Crippen LogP contribution in [-0.2, 0) is 4.79 Å². The van der Waals surface area contributed by atoms with Gasteiger partial charge in [0.05, 0.1) is 19.7 Å². The molecular formula is C14H21FN4O4. The quantitative estimate of drug-likeness (QED) is 0.700. The summed E-state index contributed by atoms with van der Waals surface area (Å²) in [5, 5.41) is 15.6. The molecular weight excluding hydrogens is 307 g/mol. The number of nitrogens with zero attached hydrogens (tertiary/aromatic N) is 3. The molecule has 1 aromatic heterocycles. The number of rotatable bonds is 6. The molecule has 0 bridgehead atoms. The van der Waals surface area contributed by atoms with Gasteiger partial charge in [-0.25, -0.2) is 4.39 Å². The Kier molecular flexibility index (Phi) is 5.10. The molecule has 2 rings (SSSR count). The number of aliphatic hydroxyl groups excluding tert-OH is 1. The van der Waals surface area contributed by atoms with Crippen molar-refractivity contribution in [2.75, 3.05) is 19.7 Å². The number of aryl methyl sites for hydroxylation is 1. The Labute approximate surface area is 133 Å². The van der Waals surface area contributed by atoms with Gasteiger partial charge in [0.15, 0.2) is 0 Å². The highest BCUT2D eigenvalue weighted by Crippen LogP contribution is 2.23. The fourth-order valence-corrected chi connectivity index (χ4v) is 2.33. The Morgan fingerprint density at radius 3 is 2.78 bits per heavy atom. The van der Waals surface area contributed by atoms with Crippen LogP contribution in [0.3, 0.4) is 0 Å². The van der Waals surface area contributed by atoms with Crippen molar-refractivity contribution in [2.45, 2.75) is 44.9 Å². The zero-order chi connectivity index (χ0) is 17.2. The van der Waals surface area contributed by atoms with Gasteiger partial charge in [0.25, 0.3) is 0 Å². The van der Waals surface area contributed by atoms with E-state index in [4.69, 9.17) is 4.52 Å². The molecule has 8 nitrogen and oxygen atoms in total. The number of hydrogen-bond acceptors (Lipinski definition) is 7. The van der Waals surface area contributed by atoms with Crippen LogP contribution < -0.4 is 5.32 Å². The molecule has 1 aliphatic rings. The van der Waals surface area contributed by atoms with E-state index in [1.54, 1.807) is 20.8 Å². The summed E-state index contributed by atoms with van der Waals surface area (Å²) in [6.07, 6.45) is -1.35. The Morgan fingerprint density at radius 1 is 1.52 bits per heavy atom. The Bertz CT molecular complexity index is 589. The number of aliphatic hydroxyl groups is 1. The minimum atomic E-state index is -1.27. The minimum absolute atomic E-state index is 0.0818. The van der Waals surface area contributed by atoms with Gasteiger partial charge in [0.2, 0.25) is 23.4 Å². The molecule has 128 valence electrons. The standard InChI is InChI=1S/C14H21FN4O4/c1-8-17-13(18-23-8)12(22)10-4-9(15)6-19(10)11(21)5-16-14(2,3)7-20/h9-10,16,20H,4-7H2,1-3H3/t9-,10?/m0/s1. The number of halogens is 1. The number of carbonyl (C=O) groups is 2. The Hall–Kier alpha value is -1.87. The molecule has 0 radical (unpaired) electrons. The molecule has 2 N–H and O–H groups in total. The zero-order valence-electron chi connectivity index (χ0n) is 13.4. The van der Waals surface area contributed by atoms with Crippen molar-refractivity contribution in [1.29, 1.82) is 0 Å². The van der Waals surface area contributed by atoms with E-state index >= 15 is 0 Å². The summed E-state index contributed by atoms with van der Waals surface area (Å²) < 4.78 is 18.5. The molecule has 23 heavy (non-hydrogen) atoms. The molecule has 1 fully saturated rings. The maximum Gasteiger partial charge on any atom is 0.240 e. The SMILES string of the molecule is Cc1nc(C(=O)C2C[C@H](F)CN2C(=O)CNC(C)(C)CO)no1. The fourth-order valence-electron chi connectivity index (χ4n) is 2.33. The molecule has 2 heterocycles. The largest absolute Gasteiger partial charge is 0.394 e. The monoisotopic (exact) mass is 328 g/mol. The summed E-state index contributed by atoms with van der Waals surface area (Å²) in [6, 6.07) is -0.937. The molecule has 1 saturated heterocycles. The lowest BCUT2D eigenvalue weighted by molar-refractivity contribution is -0.131. The van der Waals surface area contributed by atoms with E-state index in [1.807, 2.05) is 0 Å². The van der Waals surface area contributed by atoms with Gasteiger partial charge in [-0.05, 0) is 13.8 Å². The zero-order valence-corrected chi connectivity index (χ0v) is 13.4. The lowest BCUT2D eigenvalue weighted by Crippen LogP contribution is -2.50.